The van der Waals surface area contributed by atoms with E-state index in [4.69, 9.17) is 26.8 Å². The Morgan fingerprint density at radius 2 is 1.95 bits per heavy atom. The molecule has 2 aromatic rings. The van der Waals surface area contributed by atoms with Gasteiger partial charge in [0.25, 0.3) is 5.91 Å². The van der Waals surface area contributed by atoms with Gasteiger partial charge in [0.1, 0.15) is 0 Å². The Kier molecular flexibility index (Phi) is 3.65. The maximum absolute atomic E-state index is 12.3. The van der Waals surface area contributed by atoms with Gasteiger partial charge in [-0.2, -0.15) is 0 Å². The summed E-state index contributed by atoms with van der Waals surface area (Å²) in [6.07, 6.45) is 0. The molecular weight excluding hydrogens is 360 g/mol. The Bertz CT molecular complexity index is 736. The number of halogens is 2. The molecule has 0 spiro atoms. The summed E-state index contributed by atoms with van der Waals surface area (Å²) in [6, 6.07) is 8.27. The van der Waals surface area contributed by atoms with Gasteiger partial charge in [-0.05, 0) is 40.2 Å². The molecule has 1 heterocycles. The molecule has 0 saturated carbocycles. The van der Waals surface area contributed by atoms with Gasteiger partial charge in [0, 0.05) is 21.9 Å². The quantitative estimate of drug-likeness (QED) is 0.792. The molecule has 0 aromatic heterocycles. The number of hydrogen-bond donors (Lipinski definition) is 2. The second-order valence-electron chi connectivity index (χ2n) is 4.38. The monoisotopic (exact) mass is 368 g/mol. The maximum atomic E-state index is 12.3. The Hall–Kier alpha value is -1.92. The molecule has 0 atom stereocenters. The lowest BCUT2D eigenvalue weighted by molar-refractivity contribution is 0.102. The minimum Gasteiger partial charge on any atom is -0.454 e. The lowest BCUT2D eigenvalue weighted by atomic mass is 10.1. The molecular formula is C14H10BrClN2O3. The zero-order chi connectivity index (χ0) is 15.0. The van der Waals surface area contributed by atoms with Crippen molar-refractivity contribution in [3.05, 3.63) is 45.4 Å². The highest BCUT2D eigenvalue weighted by atomic mass is 79.9. The molecule has 1 amide bonds. The summed E-state index contributed by atoms with van der Waals surface area (Å²) in [5.41, 5.74) is 7.08. The van der Waals surface area contributed by atoms with E-state index in [9.17, 15) is 4.79 Å². The minimum absolute atomic E-state index is 0.127. The van der Waals surface area contributed by atoms with E-state index in [1.54, 1.807) is 30.3 Å². The minimum atomic E-state index is -0.343. The van der Waals surface area contributed by atoms with Crippen LogP contribution in [0.15, 0.2) is 34.8 Å². The first-order valence-electron chi connectivity index (χ1n) is 6.00. The van der Waals surface area contributed by atoms with Crippen LogP contribution in [0.5, 0.6) is 11.5 Å². The third-order valence-electron chi connectivity index (χ3n) is 2.97. The number of anilines is 2. The number of fused-ring (bicyclic) bond motifs is 1. The first-order chi connectivity index (χ1) is 10.0. The Balaban J connectivity index is 1.87. The number of amides is 1. The molecule has 0 aliphatic carbocycles. The number of hydrogen-bond acceptors (Lipinski definition) is 4. The summed E-state index contributed by atoms with van der Waals surface area (Å²) in [6.45, 7) is 0.127. The van der Waals surface area contributed by atoms with Crippen molar-refractivity contribution >= 4 is 44.8 Å². The van der Waals surface area contributed by atoms with Gasteiger partial charge in [-0.15, -0.1) is 0 Å². The summed E-state index contributed by atoms with van der Waals surface area (Å²) in [5.74, 6) is 0.697. The lowest BCUT2D eigenvalue weighted by Gasteiger charge is -2.09. The Labute approximate surface area is 134 Å². The van der Waals surface area contributed by atoms with Gasteiger partial charge in [-0.25, -0.2) is 0 Å². The molecule has 0 bridgehead atoms. The molecule has 0 radical (unpaired) electrons. The van der Waals surface area contributed by atoms with Crippen molar-refractivity contribution in [2.45, 2.75) is 0 Å². The van der Waals surface area contributed by atoms with E-state index in [-0.39, 0.29) is 12.7 Å². The zero-order valence-corrected chi connectivity index (χ0v) is 13.0. The first-order valence-corrected chi connectivity index (χ1v) is 7.17. The van der Waals surface area contributed by atoms with Crippen LogP contribution in [0.25, 0.3) is 0 Å². The van der Waals surface area contributed by atoms with E-state index in [2.05, 4.69) is 21.2 Å². The smallest absolute Gasteiger partial charge is 0.257 e. The first kappa shape index (κ1) is 14.0. The van der Waals surface area contributed by atoms with Gasteiger partial charge in [0.15, 0.2) is 11.5 Å². The van der Waals surface area contributed by atoms with Gasteiger partial charge in [0.05, 0.1) is 10.6 Å². The number of ether oxygens (including phenoxy) is 2. The highest BCUT2D eigenvalue weighted by molar-refractivity contribution is 9.10. The predicted octanol–water partition coefficient (Wildman–Crippen LogP) is 3.67. The molecule has 7 heteroatoms. The fourth-order valence-corrected chi connectivity index (χ4v) is 2.35. The van der Waals surface area contributed by atoms with Crippen molar-refractivity contribution in [1.82, 2.24) is 0 Å². The molecule has 3 N–H and O–H groups in total. The summed E-state index contributed by atoms with van der Waals surface area (Å²) in [4.78, 5) is 12.3. The Morgan fingerprint density at radius 3 is 2.67 bits per heavy atom. The Morgan fingerprint density at radius 1 is 1.24 bits per heavy atom. The van der Waals surface area contributed by atoms with Crippen LogP contribution in [0.1, 0.15) is 10.4 Å². The molecule has 2 aromatic carbocycles. The third kappa shape index (κ3) is 2.77. The molecule has 3 rings (SSSR count). The second-order valence-corrected chi connectivity index (χ2v) is 5.64. The molecule has 1 aliphatic heterocycles. The van der Waals surface area contributed by atoms with E-state index < -0.39 is 0 Å². The van der Waals surface area contributed by atoms with Crippen molar-refractivity contribution in [3.63, 3.8) is 0 Å². The van der Waals surface area contributed by atoms with E-state index in [0.717, 1.165) is 4.47 Å². The van der Waals surface area contributed by atoms with Crippen molar-refractivity contribution in [2.24, 2.45) is 0 Å². The molecule has 1 aliphatic rings. The number of nitrogens with one attached hydrogen (secondary N) is 1. The number of benzene rings is 2. The number of nitrogen functional groups attached to an aromatic ring is 1. The number of carbonyl (C=O) groups is 1. The normalized spacial score (nSPS) is 12.3. The molecule has 0 unspecified atom stereocenters. The second kappa shape index (κ2) is 5.46. The molecule has 5 nitrogen and oxygen atoms in total. The lowest BCUT2D eigenvalue weighted by Crippen LogP contribution is -2.14. The van der Waals surface area contributed by atoms with Crippen LogP contribution in [0.4, 0.5) is 11.4 Å². The van der Waals surface area contributed by atoms with Crippen molar-refractivity contribution in [1.29, 1.82) is 0 Å². The van der Waals surface area contributed by atoms with E-state index in [0.29, 0.717) is 33.5 Å². The molecule has 21 heavy (non-hydrogen) atoms. The summed E-state index contributed by atoms with van der Waals surface area (Å²) in [5, 5.41) is 3.24. The average molecular weight is 370 g/mol. The highest BCUT2D eigenvalue weighted by Gasteiger charge is 2.19. The van der Waals surface area contributed by atoms with Crippen molar-refractivity contribution < 1.29 is 14.3 Å². The summed E-state index contributed by atoms with van der Waals surface area (Å²) >= 11 is 9.28. The van der Waals surface area contributed by atoms with Crippen LogP contribution in [0, 0.1) is 0 Å². The SMILES string of the molecule is Nc1cc2c(cc1C(=O)Nc1ccc(Br)c(Cl)c1)OCO2. The van der Waals surface area contributed by atoms with Crippen LogP contribution in [0.2, 0.25) is 5.02 Å². The fourth-order valence-electron chi connectivity index (χ4n) is 1.93. The van der Waals surface area contributed by atoms with Gasteiger partial charge >= 0.3 is 0 Å². The largest absolute Gasteiger partial charge is 0.454 e. The molecule has 108 valence electrons. The number of carbonyl (C=O) groups excluding carboxylic acids is 1. The van der Waals surface area contributed by atoms with Crippen LogP contribution in [-0.4, -0.2) is 12.7 Å². The van der Waals surface area contributed by atoms with Crippen molar-refractivity contribution in [2.75, 3.05) is 17.8 Å². The standard InChI is InChI=1S/C14H10BrClN2O3/c15-9-2-1-7(3-10(9)16)18-14(19)8-4-12-13(5-11(8)17)21-6-20-12/h1-5H,6,17H2,(H,18,19). The highest BCUT2D eigenvalue weighted by Crippen LogP contribution is 2.36. The third-order valence-corrected chi connectivity index (χ3v) is 4.20. The van der Waals surface area contributed by atoms with Crippen LogP contribution >= 0.6 is 27.5 Å². The topological polar surface area (TPSA) is 73.6 Å². The van der Waals surface area contributed by atoms with E-state index in [1.807, 2.05) is 0 Å². The van der Waals surface area contributed by atoms with Gasteiger partial charge < -0.3 is 20.5 Å². The van der Waals surface area contributed by atoms with Crippen LogP contribution in [-0.2, 0) is 0 Å². The summed E-state index contributed by atoms with van der Waals surface area (Å²) in [7, 11) is 0. The molecule has 0 fully saturated rings. The average Bonchev–Trinajstić information content (AvgIpc) is 2.89. The maximum Gasteiger partial charge on any atom is 0.257 e. The van der Waals surface area contributed by atoms with Crippen molar-refractivity contribution in [3.8, 4) is 11.5 Å². The van der Waals surface area contributed by atoms with Gasteiger partial charge in [-0.1, -0.05) is 11.6 Å². The summed E-state index contributed by atoms with van der Waals surface area (Å²) < 4.78 is 11.2. The van der Waals surface area contributed by atoms with Gasteiger partial charge in [-0.3, -0.25) is 4.79 Å². The van der Waals surface area contributed by atoms with E-state index >= 15 is 0 Å². The molecule has 0 saturated heterocycles. The van der Waals surface area contributed by atoms with Gasteiger partial charge in [0.2, 0.25) is 6.79 Å². The predicted molar refractivity (Wildman–Crippen MR) is 84.1 cm³/mol. The van der Waals surface area contributed by atoms with E-state index in [1.165, 1.54) is 0 Å². The van der Waals surface area contributed by atoms with Crippen LogP contribution in [0.3, 0.4) is 0 Å². The number of rotatable bonds is 2. The fraction of sp³-hybridized carbons (Fsp3) is 0.0714. The zero-order valence-electron chi connectivity index (χ0n) is 10.7. The van der Waals surface area contributed by atoms with Crippen LogP contribution < -0.4 is 20.5 Å². The number of nitrogens with two attached hydrogens (primary N) is 1.